The van der Waals surface area contributed by atoms with Crippen LogP contribution in [0, 0.1) is 0 Å². The van der Waals surface area contributed by atoms with Gasteiger partial charge in [-0.15, -0.1) is 12.4 Å². The molecule has 2 aliphatic heterocycles. The molecule has 0 atom stereocenters. The fraction of sp³-hybridized carbons (Fsp3) is 0.400. The number of benzene rings is 2. The number of pyridine rings is 1. The molecule has 7 heteroatoms. The first-order valence-electron chi connectivity index (χ1n) is 11.3. The highest BCUT2D eigenvalue weighted by molar-refractivity contribution is 7.91. The smallest absolute Gasteiger partial charge is 0.208 e. The van der Waals surface area contributed by atoms with Crippen molar-refractivity contribution in [3.05, 3.63) is 60.8 Å². The molecule has 170 valence electrons. The van der Waals surface area contributed by atoms with E-state index >= 15 is 0 Å². The molecule has 2 saturated heterocycles. The second-order valence-corrected chi connectivity index (χ2v) is 10.6. The van der Waals surface area contributed by atoms with Crippen LogP contribution in [-0.2, 0) is 9.84 Å². The summed E-state index contributed by atoms with van der Waals surface area (Å²) in [6, 6.07) is 17.1. The zero-order valence-corrected chi connectivity index (χ0v) is 19.8. The van der Waals surface area contributed by atoms with Crippen LogP contribution in [0.25, 0.3) is 10.9 Å². The molecule has 0 unspecified atom stereocenters. The number of nitrogens with zero attached hydrogens (tertiary/aromatic N) is 3. The lowest BCUT2D eigenvalue weighted by atomic mass is 9.99. The van der Waals surface area contributed by atoms with Gasteiger partial charge in [-0.25, -0.2) is 8.42 Å². The van der Waals surface area contributed by atoms with Gasteiger partial charge in [-0.05, 0) is 63.0 Å². The predicted octanol–water partition coefficient (Wildman–Crippen LogP) is 4.94. The lowest BCUT2D eigenvalue weighted by Gasteiger charge is -2.41. The van der Waals surface area contributed by atoms with Crippen LogP contribution >= 0.6 is 12.4 Å². The van der Waals surface area contributed by atoms with Crippen molar-refractivity contribution in [2.24, 2.45) is 0 Å². The molecule has 3 aromatic rings. The van der Waals surface area contributed by atoms with Crippen molar-refractivity contribution in [3.63, 3.8) is 0 Å². The van der Waals surface area contributed by atoms with Gasteiger partial charge in [0.1, 0.15) is 0 Å². The van der Waals surface area contributed by atoms with E-state index in [-0.39, 0.29) is 17.3 Å². The zero-order chi connectivity index (χ0) is 21.3. The minimum atomic E-state index is -3.57. The van der Waals surface area contributed by atoms with Crippen LogP contribution in [0.15, 0.2) is 70.6 Å². The van der Waals surface area contributed by atoms with E-state index in [0.29, 0.717) is 10.9 Å². The Kier molecular flexibility index (Phi) is 7.03. The Hall–Kier alpha value is -2.15. The van der Waals surface area contributed by atoms with Crippen LogP contribution in [0.2, 0.25) is 0 Å². The van der Waals surface area contributed by atoms with E-state index in [1.165, 1.54) is 51.4 Å². The topological polar surface area (TPSA) is 53.5 Å². The van der Waals surface area contributed by atoms with Gasteiger partial charge in [0.25, 0.3) is 0 Å². The quantitative estimate of drug-likeness (QED) is 0.539. The molecule has 2 aromatic carbocycles. The lowest BCUT2D eigenvalue weighted by molar-refractivity contribution is 0.141. The number of rotatable bonds is 4. The highest BCUT2D eigenvalue weighted by Crippen LogP contribution is 2.31. The minimum Gasteiger partial charge on any atom is -0.370 e. The zero-order valence-electron chi connectivity index (χ0n) is 18.2. The number of anilines is 1. The number of hydrogen-bond donors (Lipinski definition) is 0. The molecular formula is C25H30ClN3O2S. The van der Waals surface area contributed by atoms with Crippen molar-refractivity contribution in [2.45, 2.75) is 47.9 Å². The van der Waals surface area contributed by atoms with Crippen molar-refractivity contribution in [2.75, 3.05) is 31.1 Å². The van der Waals surface area contributed by atoms with Gasteiger partial charge < -0.3 is 9.80 Å². The Bertz CT molecular complexity index is 1160. The monoisotopic (exact) mass is 471 g/mol. The molecule has 5 rings (SSSR count). The maximum atomic E-state index is 13.0. The Labute approximate surface area is 196 Å². The van der Waals surface area contributed by atoms with Crippen LogP contribution in [-0.4, -0.2) is 50.5 Å². The molecule has 2 aliphatic rings. The summed E-state index contributed by atoms with van der Waals surface area (Å²) in [4.78, 5) is 10.3. The number of aromatic nitrogens is 1. The molecule has 0 saturated carbocycles. The van der Waals surface area contributed by atoms with E-state index in [1.807, 2.05) is 18.2 Å². The summed E-state index contributed by atoms with van der Waals surface area (Å²) < 4.78 is 26.0. The minimum absolute atomic E-state index is 0. The van der Waals surface area contributed by atoms with E-state index in [1.54, 1.807) is 30.3 Å². The molecule has 0 radical (unpaired) electrons. The van der Waals surface area contributed by atoms with E-state index < -0.39 is 9.84 Å². The lowest BCUT2D eigenvalue weighted by Crippen LogP contribution is -2.46. The van der Waals surface area contributed by atoms with Crippen molar-refractivity contribution in [1.82, 2.24) is 9.88 Å². The van der Waals surface area contributed by atoms with Crippen molar-refractivity contribution >= 4 is 38.8 Å². The molecular weight excluding hydrogens is 442 g/mol. The Morgan fingerprint density at radius 2 is 1.53 bits per heavy atom. The third kappa shape index (κ3) is 4.49. The van der Waals surface area contributed by atoms with Crippen LogP contribution in [0.5, 0.6) is 0 Å². The maximum absolute atomic E-state index is 13.0. The summed E-state index contributed by atoms with van der Waals surface area (Å²) in [5, 5.41) is 0.868. The summed E-state index contributed by atoms with van der Waals surface area (Å²) in [5.41, 5.74) is 1.99. The first-order valence-corrected chi connectivity index (χ1v) is 12.8. The second kappa shape index (κ2) is 9.77. The van der Waals surface area contributed by atoms with Crippen molar-refractivity contribution in [1.29, 1.82) is 0 Å². The van der Waals surface area contributed by atoms with Gasteiger partial charge in [0.15, 0.2) is 0 Å². The van der Waals surface area contributed by atoms with Crippen molar-refractivity contribution in [3.8, 4) is 0 Å². The molecule has 0 aliphatic carbocycles. The number of fused-ring (bicyclic) bond motifs is 1. The Balaban J connectivity index is 0.00000245. The molecule has 0 N–H and O–H groups in total. The van der Waals surface area contributed by atoms with Gasteiger partial charge in [0.2, 0.25) is 9.84 Å². The summed E-state index contributed by atoms with van der Waals surface area (Å²) in [7, 11) is -3.57. The molecule has 5 nitrogen and oxygen atoms in total. The highest BCUT2D eigenvalue weighted by Gasteiger charge is 2.27. The third-order valence-corrected chi connectivity index (χ3v) is 8.48. The van der Waals surface area contributed by atoms with Crippen LogP contribution < -0.4 is 4.90 Å². The highest BCUT2D eigenvalue weighted by atomic mass is 35.5. The average Bonchev–Trinajstić information content (AvgIpc) is 2.84. The first kappa shape index (κ1) is 23.0. The van der Waals surface area contributed by atoms with Gasteiger partial charge in [-0.2, -0.15) is 0 Å². The SMILES string of the molecule is Cl.O=S(=O)(c1ccccc1)c1cnc2c(N3CCC(N4CCCCC4)CC3)cccc2c1. The number of likely N-dealkylation sites (tertiary alicyclic amines) is 1. The molecule has 1 aromatic heterocycles. The number of halogens is 1. The summed E-state index contributed by atoms with van der Waals surface area (Å²) in [5.74, 6) is 0. The number of hydrogen-bond acceptors (Lipinski definition) is 5. The molecule has 32 heavy (non-hydrogen) atoms. The van der Waals surface area contributed by atoms with Gasteiger partial charge >= 0.3 is 0 Å². The fourth-order valence-electron chi connectivity index (χ4n) is 5.02. The first-order chi connectivity index (χ1) is 15.1. The molecule has 3 heterocycles. The van der Waals surface area contributed by atoms with E-state index in [9.17, 15) is 8.42 Å². The van der Waals surface area contributed by atoms with Crippen LogP contribution in [0.3, 0.4) is 0 Å². The molecule has 0 spiro atoms. The summed E-state index contributed by atoms with van der Waals surface area (Å²) in [6.07, 6.45) is 7.91. The maximum Gasteiger partial charge on any atom is 0.208 e. The molecule has 0 amide bonds. The number of para-hydroxylation sites is 1. The molecule has 2 fully saturated rings. The normalized spacial score (nSPS) is 18.4. The van der Waals surface area contributed by atoms with Crippen molar-refractivity contribution < 1.29 is 8.42 Å². The third-order valence-electron chi connectivity index (χ3n) is 6.74. The number of piperidine rings is 2. The van der Waals surface area contributed by atoms with Gasteiger partial charge in [-0.3, -0.25) is 4.98 Å². The van der Waals surface area contributed by atoms with E-state index in [4.69, 9.17) is 0 Å². The second-order valence-electron chi connectivity index (χ2n) is 8.65. The number of sulfone groups is 1. The Morgan fingerprint density at radius 1 is 0.812 bits per heavy atom. The van der Waals surface area contributed by atoms with Crippen LogP contribution in [0.4, 0.5) is 5.69 Å². The van der Waals surface area contributed by atoms with Gasteiger partial charge in [0, 0.05) is 30.7 Å². The van der Waals surface area contributed by atoms with Crippen LogP contribution in [0.1, 0.15) is 32.1 Å². The van der Waals surface area contributed by atoms with Gasteiger partial charge in [0.05, 0.1) is 21.0 Å². The molecule has 0 bridgehead atoms. The summed E-state index contributed by atoms with van der Waals surface area (Å²) >= 11 is 0. The average molecular weight is 472 g/mol. The summed E-state index contributed by atoms with van der Waals surface area (Å²) in [6.45, 7) is 4.54. The Morgan fingerprint density at radius 3 is 2.25 bits per heavy atom. The van der Waals surface area contributed by atoms with E-state index in [2.05, 4.69) is 20.9 Å². The van der Waals surface area contributed by atoms with Gasteiger partial charge in [-0.1, -0.05) is 36.8 Å². The van der Waals surface area contributed by atoms with E-state index in [0.717, 1.165) is 29.7 Å². The largest absolute Gasteiger partial charge is 0.370 e. The standard InChI is InChI=1S/C25H29N3O2S.ClH/c29-31(30,22-9-3-1-4-10-22)23-18-20-8-7-11-24(25(20)26-19-23)28-16-12-21(13-17-28)27-14-5-2-6-15-27;/h1,3-4,7-11,18-19,21H,2,5-6,12-17H2;1H. The fourth-order valence-corrected chi connectivity index (χ4v) is 6.28. The predicted molar refractivity (Wildman–Crippen MR) is 132 cm³/mol.